The Morgan fingerprint density at radius 2 is 1.72 bits per heavy atom. The lowest BCUT2D eigenvalue weighted by Crippen LogP contribution is -2.09. The highest BCUT2D eigenvalue weighted by molar-refractivity contribution is 5.91. The fourth-order valence-electron chi connectivity index (χ4n) is 1.48. The van der Waals surface area contributed by atoms with E-state index in [0.717, 1.165) is 0 Å². The van der Waals surface area contributed by atoms with Gasteiger partial charge in [-0.25, -0.2) is 4.79 Å². The van der Waals surface area contributed by atoms with Crippen molar-refractivity contribution in [2.75, 3.05) is 0 Å². The van der Waals surface area contributed by atoms with Crippen molar-refractivity contribution >= 4 is 5.97 Å². The van der Waals surface area contributed by atoms with E-state index < -0.39 is 12.3 Å². The van der Waals surface area contributed by atoms with Crippen LogP contribution in [0.2, 0.25) is 0 Å². The number of carbonyl (C=O) groups excluding carboxylic acids is 1. The predicted molar refractivity (Wildman–Crippen MR) is 65.0 cm³/mol. The van der Waals surface area contributed by atoms with Gasteiger partial charge in [0.05, 0.1) is 5.56 Å². The normalized spacial score (nSPS) is 10.4. The Labute approximate surface area is 104 Å². The molecule has 2 aromatic rings. The molecule has 0 amide bonds. The molecule has 0 radical (unpaired) electrons. The molecule has 0 aliphatic carbocycles. The van der Waals surface area contributed by atoms with Gasteiger partial charge in [-0.2, -0.15) is 0 Å². The number of aliphatic hydroxyl groups is 2. The number of hydrogen-bond donors (Lipinski definition) is 2. The van der Waals surface area contributed by atoms with Gasteiger partial charge in [-0.05, 0) is 24.3 Å². The Hall–Kier alpha value is -2.17. The molecule has 0 bridgehead atoms. The van der Waals surface area contributed by atoms with Crippen molar-refractivity contribution in [1.29, 1.82) is 0 Å². The summed E-state index contributed by atoms with van der Waals surface area (Å²) in [6, 6.07) is 14.7. The first kappa shape index (κ1) is 12.3. The third-order valence-corrected chi connectivity index (χ3v) is 2.37. The molecule has 2 aromatic carbocycles. The van der Waals surface area contributed by atoms with Crippen LogP contribution in [-0.4, -0.2) is 16.2 Å². The average molecular weight is 244 g/mol. The summed E-state index contributed by atoms with van der Waals surface area (Å²) in [5.41, 5.74) is 0.516. The maximum absolute atomic E-state index is 11.8. The number of rotatable bonds is 3. The zero-order valence-corrected chi connectivity index (χ0v) is 9.48. The van der Waals surface area contributed by atoms with Gasteiger partial charge in [0.25, 0.3) is 0 Å². The molecule has 92 valence electrons. The van der Waals surface area contributed by atoms with Crippen LogP contribution in [0.1, 0.15) is 22.2 Å². The van der Waals surface area contributed by atoms with Crippen molar-refractivity contribution in [2.45, 2.75) is 6.29 Å². The Morgan fingerprint density at radius 3 is 2.39 bits per heavy atom. The van der Waals surface area contributed by atoms with Crippen LogP contribution in [0, 0.1) is 0 Å². The van der Waals surface area contributed by atoms with E-state index in [1.807, 2.05) is 6.07 Å². The second-order valence-corrected chi connectivity index (χ2v) is 3.70. The third kappa shape index (κ3) is 2.94. The number of hydrogen-bond acceptors (Lipinski definition) is 4. The molecule has 18 heavy (non-hydrogen) atoms. The van der Waals surface area contributed by atoms with Gasteiger partial charge in [0.2, 0.25) is 0 Å². The molecule has 0 saturated carbocycles. The Bertz CT molecular complexity index is 535. The monoisotopic (exact) mass is 244 g/mol. The van der Waals surface area contributed by atoms with Crippen LogP contribution in [0.4, 0.5) is 0 Å². The molecule has 0 aliphatic rings. The summed E-state index contributed by atoms with van der Waals surface area (Å²) in [5.74, 6) is -0.0962. The average Bonchev–Trinajstić information content (AvgIpc) is 2.40. The minimum Gasteiger partial charge on any atom is -0.423 e. The van der Waals surface area contributed by atoms with Gasteiger partial charge >= 0.3 is 5.97 Å². The summed E-state index contributed by atoms with van der Waals surface area (Å²) in [6.45, 7) is 0. The summed E-state index contributed by atoms with van der Waals surface area (Å²) in [4.78, 5) is 11.8. The third-order valence-electron chi connectivity index (χ3n) is 2.37. The smallest absolute Gasteiger partial charge is 0.343 e. The van der Waals surface area contributed by atoms with Gasteiger partial charge in [-0.1, -0.05) is 30.3 Å². The van der Waals surface area contributed by atoms with E-state index in [-0.39, 0.29) is 11.1 Å². The number of benzene rings is 2. The van der Waals surface area contributed by atoms with Gasteiger partial charge in [-0.3, -0.25) is 0 Å². The highest BCUT2D eigenvalue weighted by Crippen LogP contribution is 2.15. The van der Waals surface area contributed by atoms with Gasteiger partial charge < -0.3 is 14.9 Å². The van der Waals surface area contributed by atoms with Gasteiger partial charge in [-0.15, -0.1) is 0 Å². The summed E-state index contributed by atoms with van der Waals surface area (Å²) in [7, 11) is 0. The van der Waals surface area contributed by atoms with Gasteiger partial charge in [0.1, 0.15) is 5.75 Å². The minimum absolute atomic E-state index is 0.248. The molecule has 0 unspecified atom stereocenters. The predicted octanol–water partition coefficient (Wildman–Crippen LogP) is 1.89. The van der Waals surface area contributed by atoms with E-state index in [9.17, 15) is 4.79 Å². The zero-order chi connectivity index (χ0) is 13.0. The second kappa shape index (κ2) is 5.44. The maximum atomic E-state index is 11.8. The summed E-state index contributed by atoms with van der Waals surface area (Å²) >= 11 is 0. The molecule has 4 heteroatoms. The first-order valence-corrected chi connectivity index (χ1v) is 5.40. The molecule has 2 rings (SSSR count). The first-order valence-electron chi connectivity index (χ1n) is 5.40. The summed E-state index contributed by atoms with van der Waals surface area (Å²) in [6.07, 6.45) is -1.60. The van der Waals surface area contributed by atoms with Crippen molar-refractivity contribution in [3.8, 4) is 5.75 Å². The van der Waals surface area contributed by atoms with Crippen LogP contribution in [0.3, 0.4) is 0 Å². The quantitative estimate of drug-likeness (QED) is 0.491. The van der Waals surface area contributed by atoms with E-state index in [2.05, 4.69) is 0 Å². The maximum Gasteiger partial charge on any atom is 0.343 e. The molecule has 0 spiro atoms. The molecule has 4 nitrogen and oxygen atoms in total. The topological polar surface area (TPSA) is 66.8 Å². The van der Waals surface area contributed by atoms with E-state index in [1.54, 1.807) is 36.4 Å². The van der Waals surface area contributed by atoms with E-state index in [4.69, 9.17) is 14.9 Å². The number of carbonyl (C=O) groups is 1. The number of esters is 1. The lowest BCUT2D eigenvalue weighted by atomic mass is 10.1. The van der Waals surface area contributed by atoms with Gasteiger partial charge in [0.15, 0.2) is 6.29 Å². The molecule has 0 heterocycles. The van der Waals surface area contributed by atoms with Crippen molar-refractivity contribution < 1.29 is 19.7 Å². The highest BCUT2D eigenvalue weighted by Gasteiger charge is 2.11. The lowest BCUT2D eigenvalue weighted by molar-refractivity contribution is -0.0425. The van der Waals surface area contributed by atoms with E-state index >= 15 is 0 Å². The van der Waals surface area contributed by atoms with Crippen LogP contribution < -0.4 is 4.74 Å². The fraction of sp³-hybridized carbons (Fsp3) is 0.0714. The van der Waals surface area contributed by atoms with Crippen molar-refractivity contribution in [3.05, 3.63) is 65.7 Å². The molecule has 0 atom stereocenters. The zero-order valence-electron chi connectivity index (χ0n) is 9.48. The van der Waals surface area contributed by atoms with Crippen molar-refractivity contribution in [3.63, 3.8) is 0 Å². The Morgan fingerprint density at radius 1 is 1.00 bits per heavy atom. The van der Waals surface area contributed by atoms with Crippen molar-refractivity contribution in [1.82, 2.24) is 0 Å². The van der Waals surface area contributed by atoms with E-state index in [0.29, 0.717) is 5.75 Å². The van der Waals surface area contributed by atoms with Crippen molar-refractivity contribution in [2.24, 2.45) is 0 Å². The fourth-order valence-corrected chi connectivity index (χ4v) is 1.48. The standard InChI is InChI=1S/C14H12O4/c15-13(16)10-5-4-6-11(9-10)14(17)18-12-7-2-1-3-8-12/h1-9,13,15-16H. The second-order valence-electron chi connectivity index (χ2n) is 3.70. The Kier molecular flexibility index (Phi) is 3.72. The van der Waals surface area contributed by atoms with Crippen LogP contribution in [0.15, 0.2) is 54.6 Å². The molecule has 0 saturated heterocycles. The van der Waals surface area contributed by atoms with E-state index in [1.165, 1.54) is 12.1 Å². The van der Waals surface area contributed by atoms with Gasteiger partial charge in [0, 0.05) is 5.56 Å². The number of ether oxygens (including phenoxy) is 1. The number of para-hydroxylation sites is 1. The molecule has 0 fully saturated rings. The molecule has 2 N–H and O–H groups in total. The van der Waals surface area contributed by atoms with Crippen LogP contribution in [0.5, 0.6) is 5.75 Å². The summed E-state index contributed by atoms with van der Waals surface area (Å²) < 4.78 is 5.13. The first-order chi connectivity index (χ1) is 8.66. The SMILES string of the molecule is O=C(Oc1ccccc1)c1cccc(C(O)O)c1. The van der Waals surface area contributed by atoms with Crippen LogP contribution in [0.25, 0.3) is 0 Å². The Balaban J connectivity index is 2.16. The highest BCUT2D eigenvalue weighted by atomic mass is 16.5. The molecular weight excluding hydrogens is 232 g/mol. The molecular formula is C14H12O4. The lowest BCUT2D eigenvalue weighted by Gasteiger charge is -2.07. The number of aliphatic hydroxyl groups excluding tert-OH is 1. The van der Waals surface area contributed by atoms with Crippen LogP contribution >= 0.6 is 0 Å². The minimum atomic E-state index is -1.60. The van der Waals surface area contributed by atoms with Crippen LogP contribution in [-0.2, 0) is 0 Å². The largest absolute Gasteiger partial charge is 0.423 e. The summed E-state index contributed by atoms with van der Waals surface area (Å²) in [5, 5.41) is 18.0. The molecule has 0 aromatic heterocycles. The molecule has 0 aliphatic heterocycles.